The van der Waals surface area contributed by atoms with E-state index in [1.807, 2.05) is 18.2 Å². The molecule has 1 aromatic rings. The second kappa shape index (κ2) is 6.39. The SMILES string of the molecule is CCCC(CCC)c1ccccc1C=O. The zero-order valence-corrected chi connectivity index (χ0v) is 9.70. The molecule has 0 atom stereocenters. The van der Waals surface area contributed by atoms with Gasteiger partial charge < -0.3 is 0 Å². The van der Waals surface area contributed by atoms with Crippen LogP contribution in [-0.4, -0.2) is 6.29 Å². The average molecular weight is 204 g/mol. The van der Waals surface area contributed by atoms with E-state index >= 15 is 0 Å². The topological polar surface area (TPSA) is 17.1 Å². The van der Waals surface area contributed by atoms with E-state index in [4.69, 9.17) is 0 Å². The van der Waals surface area contributed by atoms with Crippen molar-refractivity contribution in [1.82, 2.24) is 0 Å². The smallest absolute Gasteiger partial charge is 0.150 e. The van der Waals surface area contributed by atoms with Crippen molar-refractivity contribution < 1.29 is 4.79 Å². The van der Waals surface area contributed by atoms with Gasteiger partial charge in [-0.05, 0) is 24.3 Å². The lowest BCUT2D eigenvalue weighted by Gasteiger charge is -2.17. The predicted molar refractivity (Wildman–Crippen MR) is 64.4 cm³/mol. The Morgan fingerprint density at radius 2 is 1.73 bits per heavy atom. The third kappa shape index (κ3) is 3.19. The molecular formula is C14H20O. The zero-order chi connectivity index (χ0) is 11.1. The molecule has 82 valence electrons. The first-order valence-electron chi connectivity index (χ1n) is 5.87. The van der Waals surface area contributed by atoms with Gasteiger partial charge >= 0.3 is 0 Å². The van der Waals surface area contributed by atoms with Gasteiger partial charge in [0.15, 0.2) is 0 Å². The van der Waals surface area contributed by atoms with Crippen LogP contribution in [0.1, 0.15) is 61.4 Å². The highest BCUT2D eigenvalue weighted by Gasteiger charge is 2.12. The third-order valence-electron chi connectivity index (χ3n) is 2.84. The molecule has 0 amide bonds. The highest BCUT2D eigenvalue weighted by molar-refractivity contribution is 5.77. The van der Waals surface area contributed by atoms with E-state index in [1.54, 1.807) is 0 Å². The first-order valence-corrected chi connectivity index (χ1v) is 5.87. The highest BCUT2D eigenvalue weighted by atomic mass is 16.1. The molecule has 0 saturated heterocycles. The molecule has 1 aromatic carbocycles. The van der Waals surface area contributed by atoms with Gasteiger partial charge in [0.25, 0.3) is 0 Å². The molecule has 0 radical (unpaired) electrons. The Balaban J connectivity index is 2.92. The summed E-state index contributed by atoms with van der Waals surface area (Å²) in [5.74, 6) is 0.557. The first kappa shape index (κ1) is 12.0. The Hall–Kier alpha value is -1.11. The Bertz CT molecular complexity index is 298. The molecule has 0 aliphatic rings. The molecule has 0 aliphatic carbocycles. The normalized spacial score (nSPS) is 10.6. The van der Waals surface area contributed by atoms with E-state index in [9.17, 15) is 4.79 Å². The Morgan fingerprint density at radius 3 is 2.27 bits per heavy atom. The first-order chi connectivity index (χ1) is 7.33. The Labute approximate surface area is 92.5 Å². The fourth-order valence-electron chi connectivity index (χ4n) is 2.14. The van der Waals surface area contributed by atoms with Gasteiger partial charge in [-0.25, -0.2) is 0 Å². The number of hydrogen-bond acceptors (Lipinski definition) is 1. The van der Waals surface area contributed by atoms with Gasteiger partial charge in [-0.2, -0.15) is 0 Å². The predicted octanol–water partition coefficient (Wildman–Crippen LogP) is 4.18. The van der Waals surface area contributed by atoms with E-state index in [0.29, 0.717) is 5.92 Å². The minimum absolute atomic E-state index is 0.557. The van der Waals surface area contributed by atoms with Gasteiger partial charge in [0, 0.05) is 5.56 Å². The summed E-state index contributed by atoms with van der Waals surface area (Å²) in [5.41, 5.74) is 2.10. The molecular weight excluding hydrogens is 184 g/mol. The van der Waals surface area contributed by atoms with Crippen molar-refractivity contribution in [3.05, 3.63) is 35.4 Å². The number of aldehydes is 1. The zero-order valence-electron chi connectivity index (χ0n) is 9.70. The second-order valence-corrected chi connectivity index (χ2v) is 4.02. The molecule has 0 bridgehead atoms. The molecule has 0 N–H and O–H groups in total. The average Bonchev–Trinajstić information content (AvgIpc) is 2.29. The highest BCUT2D eigenvalue weighted by Crippen LogP contribution is 2.28. The summed E-state index contributed by atoms with van der Waals surface area (Å²) in [6.45, 7) is 4.40. The van der Waals surface area contributed by atoms with Crippen LogP contribution < -0.4 is 0 Å². The lowest BCUT2D eigenvalue weighted by molar-refractivity contribution is 0.112. The van der Waals surface area contributed by atoms with Crippen molar-refractivity contribution in [2.75, 3.05) is 0 Å². The molecule has 0 aliphatic heterocycles. The monoisotopic (exact) mass is 204 g/mol. The maximum absolute atomic E-state index is 10.9. The number of hydrogen-bond donors (Lipinski definition) is 0. The van der Waals surface area contributed by atoms with Crippen molar-refractivity contribution in [2.45, 2.75) is 45.4 Å². The van der Waals surface area contributed by atoms with Crippen molar-refractivity contribution in [3.8, 4) is 0 Å². The molecule has 1 rings (SSSR count). The second-order valence-electron chi connectivity index (χ2n) is 4.02. The molecule has 0 heterocycles. The van der Waals surface area contributed by atoms with Gasteiger partial charge in [0.2, 0.25) is 0 Å². The molecule has 15 heavy (non-hydrogen) atoms. The van der Waals surface area contributed by atoms with Crippen LogP contribution in [0.15, 0.2) is 24.3 Å². The van der Waals surface area contributed by atoms with Crippen LogP contribution in [0.5, 0.6) is 0 Å². The van der Waals surface area contributed by atoms with Crippen molar-refractivity contribution in [2.24, 2.45) is 0 Å². The van der Waals surface area contributed by atoms with Gasteiger partial charge in [0.1, 0.15) is 6.29 Å². The number of carbonyl (C=O) groups is 1. The lowest BCUT2D eigenvalue weighted by Crippen LogP contribution is -2.02. The van der Waals surface area contributed by atoms with Gasteiger partial charge in [-0.3, -0.25) is 4.79 Å². The van der Waals surface area contributed by atoms with Crippen LogP contribution in [0.25, 0.3) is 0 Å². The summed E-state index contributed by atoms with van der Waals surface area (Å²) in [7, 11) is 0. The maximum Gasteiger partial charge on any atom is 0.150 e. The number of rotatable bonds is 6. The van der Waals surface area contributed by atoms with Crippen molar-refractivity contribution >= 4 is 6.29 Å². The summed E-state index contributed by atoms with van der Waals surface area (Å²) < 4.78 is 0. The van der Waals surface area contributed by atoms with Crippen LogP contribution in [-0.2, 0) is 0 Å². The fourth-order valence-corrected chi connectivity index (χ4v) is 2.14. The van der Waals surface area contributed by atoms with E-state index in [-0.39, 0.29) is 0 Å². The summed E-state index contributed by atoms with van der Waals surface area (Å²) in [4.78, 5) is 10.9. The van der Waals surface area contributed by atoms with Crippen molar-refractivity contribution in [3.63, 3.8) is 0 Å². The molecule has 0 unspecified atom stereocenters. The number of benzene rings is 1. The number of carbonyl (C=O) groups excluding carboxylic acids is 1. The standard InChI is InChI=1S/C14H20O/c1-3-7-12(8-4-2)14-10-6-5-9-13(14)11-15/h5-6,9-12H,3-4,7-8H2,1-2H3. The minimum atomic E-state index is 0.557. The van der Waals surface area contributed by atoms with Gasteiger partial charge in [-0.15, -0.1) is 0 Å². The minimum Gasteiger partial charge on any atom is -0.298 e. The quantitative estimate of drug-likeness (QED) is 0.635. The summed E-state index contributed by atoms with van der Waals surface area (Å²) in [6.07, 6.45) is 5.70. The van der Waals surface area contributed by atoms with E-state index in [0.717, 1.165) is 11.8 Å². The third-order valence-corrected chi connectivity index (χ3v) is 2.84. The molecule has 0 fully saturated rings. The molecule has 0 aromatic heterocycles. The Morgan fingerprint density at radius 1 is 1.13 bits per heavy atom. The molecule has 1 heteroatoms. The van der Waals surface area contributed by atoms with E-state index in [2.05, 4.69) is 19.9 Å². The summed E-state index contributed by atoms with van der Waals surface area (Å²) in [5, 5.41) is 0. The van der Waals surface area contributed by atoms with Gasteiger partial charge in [0.05, 0.1) is 0 Å². The Kier molecular flexibility index (Phi) is 5.09. The van der Waals surface area contributed by atoms with Crippen LogP contribution in [0.4, 0.5) is 0 Å². The van der Waals surface area contributed by atoms with Crippen molar-refractivity contribution in [1.29, 1.82) is 0 Å². The van der Waals surface area contributed by atoms with Crippen LogP contribution in [0.3, 0.4) is 0 Å². The maximum atomic E-state index is 10.9. The van der Waals surface area contributed by atoms with E-state index in [1.165, 1.54) is 31.2 Å². The largest absolute Gasteiger partial charge is 0.298 e. The molecule has 0 spiro atoms. The van der Waals surface area contributed by atoms with Crippen LogP contribution in [0, 0.1) is 0 Å². The fraction of sp³-hybridized carbons (Fsp3) is 0.500. The van der Waals surface area contributed by atoms with Crippen LogP contribution >= 0.6 is 0 Å². The lowest BCUT2D eigenvalue weighted by atomic mass is 9.88. The molecule has 0 saturated carbocycles. The summed E-state index contributed by atoms with van der Waals surface area (Å²) in [6, 6.07) is 7.98. The molecule has 1 nitrogen and oxygen atoms in total. The summed E-state index contributed by atoms with van der Waals surface area (Å²) >= 11 is 0. The van der Waals surface area contributed by atoms with Crippen LogP contribution in [0.2, 0.25) is 0 Å². The van der Waals surface area contributed by atoms with Gasteiger partial charge in [-0.1, -0.05) is 51.0 Å². The van der Waals surface area contributed by atoms with E-state index < -0.39 is 0 Å².